The summed E-state index contributed by atoms with van der Waals surface area (Å²) in [5, 5.41) is 9.25. The van der Waals surface area contributed by atoms with Crippen molar-refractivity contribution in [1.82, 2.24) is 15.1 Å². The van der Waals surface area contributed by atoms with E-state index in [4.69, 9.17) is 9.84 Å². The summed E-state index contributed by atoms with van der Waals surface area (Å²) in [6.45, 7) is 0.324. The third-order valence-electron chi connectivity index (χ3n) is 4.52. The van der Waals surface area contributed by atoms with Crippen molar-refractivity contribution in [2.24, 2.45) is 5.92 Å². The van der Waals surface area contributed by atoms with Crippen molar-refractivity contribution in [3.63, 3.8) is 0 Å². The second kappa shape index (κ2) is 8.87. The van der Waals surface area contributed by atoms with E-state index in [1.165, 1.54) is 6.08 Å². The molecular formula is C22H21N3O3S. The molecule has 0 atom stereocenters. The van der Waals surface area contributed by atoms with Crippen molar-refractivity contribution >= 4 is 29.3 Å². The third-order valence-corrected chi connectivity index (χ3v) is 5.39. The van der Waals surface area contributed by atoms with Gasteiger partial charge in [0, 0.05) is 17.8 Å². The third kappa shape index (κ3) is 5.20. The number of esters is 1. The van der Waals surface area contributed by atoms with Crippen LogP contribution in [0.1, 0.15) is 18.4 Å². The fourth-order valence-electron chi connectivity index (χ4n) is 2.76. The fourth-order valence-corrected chi connectivity index (χ4v) is 3.49. The van der Waals surface area contributed by atoms with Crippen molar-refractivity contribution in [3.8, 4) is 16.3 Å². The zero-order valence-corrected chi connectivity index (χ0v) is 16.6. The lowest BCUT2D eigenvalue weighted by Crippen LogP contribution is -2.29. The Bertz CT molecular complexity index is 1010. The Morgan fingerprint density at radius 2 is 2.03 bits per heavy atom. The summed E-state index contributed by atoms with van der Waals surface area (Å²) < 4.78 is 6.90. The highest BCUT2D eigenvalue weighted by Gasteiger charge is 2.23. The van der Waals surface area contributed by atoms with Gasteiger partial charge in [0.1, 0.15) is 12.2 Å². The van der Waals surface area contributed by atoms with Gasteiger partial charge in [-0.1, -0.05) is 24.3 Å². The predicted molar refractivity (Wildman–Crippen MR) is 113 cm³/mol. The van der Waals surface area contributed by atoms with Gasteiger partial charge in [-0.3, -0.25) is 9.59 Å². The maximum Gasteiger partial charge on any atom is 0.325 e. The number of nitrogens with one attached hydrogen (secondary N) is 1. The molecule has 0 saturated heterocycles. The Morgan fingerprint density at radius 1 is 1.21 bits per heavy atom. The van der Waals surface area contributed by atoms with Crippen LogP contribution in [0.2, 0.25) is 0 Å². The first-order valence-corrected chi connectivity index (χ1v) is 10.4. The zero-order chi connectivity index (χ0) is 20.1. The molecule has 7 heteroatoms. The smallest absolute Gasteiger partial charge is 0.325 e. The lowest BCUT2D eigenvalue weighted by Gasteiger charge is -2.03. The quantitative estimate of drug-likeness (QED) is 0.457. The van der Waals surface area contributed by atoms with E-state index in [1.54, 1.807) is 22.1 Å². The Balaban J connectivity index is 1.44. The zero-order valence-electron chi connectivity index (χ0n) is 15.8. The van der Waals surface area contributed by atoms with Crippen LogP contribution >= 0.6 is 11.3 Å². The molecule has 4 rings (SSSR count). The van der Waals surface area contributed by atoms with E-state index in [9.17, 15) is 9.59 Å². The Hall–Kier alpha value is -3.19. The average molecular weight is 407 g/mol. The Kier molecular flexibility index (Phi) is 5.86. The summed E-state index contributed by atoms with van der Waals surface area (Å²) in [5.41, 5.74) is 2.56. The number of ether oxygens (including phenoxy) is 1. The van der Waals surface area contributed by atoms with Crippen molar-refractivity contribution in [3.05, 3.63) is 65.7 Å². The number of thiophene rings is 1. The van der Waals surface area contributed by atoms with Gasteiger partial charge >= 0.3 is 5.97 Å². The molecule has 2 heterocycles. The van der Waals surface area contributed by atoms with E-state index in [0.717, 1.165) is 34.7 Å². The Morgan fingerprint density at radius 3 is 2.76 bits per heavy atom. The van der Waals surface area contributed by atoms with E-state index in [-0.39, 0.29) is 12.5 Å². The number of rotatable bonds is 8. The molecule has 0 bridgehead atoms. The second-order valence-electron chi connectivity index (χ2n) is 6.87. The minimum Gasteiger partial charge on any atom is -0.464 e. The molecule has 1 aliphatic rings. The SMILES string of the molecule is O=C(/C=C/c1cn(-c2ccccc2)nc1-c1cccs1)NCC(=O)OCC1CC1. The van der Waals surface area contributed by atoms with Crippen molar-refractivity contribution in [2.75, 3.05) is 13.2 Å². The number of hydrogen-bond acceptors (Lipinski definition) is 5. The van der Waals surface area contributed by atoms with E-state index in [1.807, 2.05) is 54.0 Å². The molecule has 1 aliphatic carbocycles. The van der Waals surface area contributed by atoms with Gasteiger partial charge in [0.25, 0.3) is 0 Å². The van der Waals surface area contributed by atoms with E-state index < -0.39 is 5.97 Å². The van der Waals surface area contributed by atoms with Gasteiger partial charge in [0.2, 0.25) is 5.91 Å². The topological polar surface area (TPSA) is 73.2 Å². The van der Waals surface area contributed by atoms with Crippen LogP contribution in [0.3, 0.4) is 0 Å². The molecule has 2 aromatic heterocycles. The first-order chi connectivity index (χ1) is 14.2. The van der Waals surface area contributed by atoms with Gasteiger partial charge < -0.3 is 10.1 Å². The lowest BCUT2D eigenvalue weighted by atomic mass is 10.2. The van der Waals surface area contributed by atoms with Crippen LogP contribution in [0.4, 0.5) is 0 Å². The number of hydrogen-bond donors (Lipinski definition) is 1. The monoisotopic (exact) mass is 407 g/mol. The number of nitrogens with zero attached hydrogens (tertiary/aromatic N) is 2. The maximum atomic E-state index is 12.1. The fraction of sp³-hybridized carbons (Fsp3) is 0.227. The molecule has 3 aromatic rings. The molecule has 0 unspecified atom stereocenters. The molecular weight excluding hydrogens is 386 g/mol. The van der Waals surface area contributed by atoms with E-state index >= 15 is 0 Å². The number of carbonyl (C=O) groups excluding carboxylic acids is 2. The van der Waals surface area contributed by atoms with Crippen LogP contribution in [0.15, 0.2) is 60.1 Å². The first-order valence-electron chi connectivity index (χ1n) is 9.49. The van der Waals surface area contributed by atoms with Crippen LogP contribution < -0.4 is 5.32 Å². The summed E-state index contributed by atoms with van der Waals surface area (Å²) >= 11 is 1.59. The van der Waals surface area contributed by atoms with Crippen LogP contribution in [0.25, 0.3) is 22.3 Å². The van der Waals surface area contributed by atoms with Gasteiger partial charge in [0.15, 0.2) is 0 Å². The number of amides is 1. The maximum absolute atomic E-state index is 12.1. The molecule has 1 saturated carbocycles. The van der Waals surface area contributed by atoms with E-state index in [0.29, 0.717) is 12.5 Å². The molecule has 1 amide bonds. The van der Waals surface area contributed by atoms with Gasteiger partial charge in [0.05, 0.1) is 17.2 Å². The van der Waals surface area contributed by atoms with Gasteiger partial charge in [-0.2, -0.15) is 5.10 Å². The van der Waals surface area contributed by atoms with Crippen LogP contribution in [-0.2, 0) is 14.3 Å². The molecule has 1 aromatic carbocycles. The number of carbonyl (C=O) groups is 2. The lowest BCUT2D eigenvalue weighted by molar-refractivity contribution is -0.144. The minimum atomic E-state index is -0.408. The molecule has 6 nitrogen and oxygen atoms in total. The summed E-state index contributed by atoms with van der Waals surface area (Å²) in [6, 6.07) is 13.8. The second-order valence-corrected chi connectivity index (χ2v) is 7.82. The average Bonchev–Trinajstić information content (AvgIpc) is 3.24. The molecule has 0 spiro atoms. The van der Waals surface area contributed by atoms with E-state index in [2.05, 4.69) is 5.32 Å². The summed E-state index contributed by atoms with van der Waals surface area (Å²) in [5.74, 6) is -0.251. The van der Waals surface area contributed by atoms with Gasteiger partial charge in [-0.25, -0.2) is 4.68 Å². The number of para-hydroxylation sites is 1. The largest absolute Gasteiger partial charge is 0.464 e. The van der Waals surface area contributed by atoms with Crippen LogP contribution in [-0.4, -0.2) is 34.8 Å². The molecule has 148 valence electrons. The molecule has 29 heavy (non-hydrogen) atoms. The predicted octanol–water partition coefficient (Wildman–Crippen LogP) is 3.68. The highest BCUT2D eigenvalue weighted by Crippen LogP contribution is 2.29. The van der Waals surface area contributed by atoms with Crippen LogP contribution in [0, 0.1) is 5.92 Å². The van der Waals surface area contributed by atoms with Gasteiger partial charge in [-0.05, 0) is 48.4 Å². The molecule has 1 fully saturated rings. The molecule has 1 N–H and O–H groups in total. The summed E-state index contributed by atoms with van der Waals surface area (Å²) in [4.78, 5) is 24.8. The summed E-state index contributed by atoms with van der Waals surface area (Å²) in [7, 11) is 0. The normalized spacial score (nSPS) is 13.5. The minimum absolute atomic E-state index is 0.128. The standard InChI is InChI=1S/C22H21N3O3S/c26-20(23-13-21(27)28-15-16-8-9-16)11-10-17-14-25(18-5-2-1-3-6-18)24-22(17)19-7-4-12-29-19/h1-7,10-12,14,16H,8-9,13,15H2,(H,23,26)/b11-10+. The number of aromatic nitrogens is 2. The van der Waals surface area contributed by atoms with Gasteiger partial charge in [-0.15, -0.1) is 11.3 Å². The van der Waals surface area contributed by atoms with Crippen molar-refractivity contribution in [2.45, 2.75) is 12.8 Å². The highest BCUT2D eigenvalue weighted by atomic mass is 32.1. The highest BCUT2D eigenvalue weighted by molar-refractivity contribution is 7.13. The van der Waals surface area contributed by atoms with Crippen molar-refractivity contribution < 1.29 is 14.3 Å². The van der Waals surface area contributed by atoms with Crippen molar-refractivity contribution in [1.29, 1.82) is 0 Å². The number of benzene rings is 1. The molecule has 0 radical (unpaired) electrons. The van der Waals surface area contributed by atoms with Crippen LogP contribution in [0.5, 0.6) is 0 Å². The Labute approximate surface area is 172 Å². The summed E-state index contributed by atoms with van der Waals surface area (Å²) in [6.07, 6.45) is 7.25. The molecule has 0 aliphatic heterocycles. The first kappa shape index (κ1) is 19.1.